The Balaban J connectivity index is 1.73. The first-order valence-corrected chi connectivity index (χ1v) is 8.41. The van der Waals surface area contributed by atoms with Crippen LogP contribution in [-0.4, -0.2) is 37.2 Å². The van der Waals surface area contributed by atoms with Crippen LogP contribution in [0, 0.1) is 5.82 Å². The van der Waals surface area contributed by atoms with Gasteiger partial charge < -0.3 is 15.0 Å². The van der Waals surface area contributed by atoms with Crippen molar-refractivity contribution < 1.29 is 13.9 Å². The second kappa shape index (κ2) is 5.90. The fraction of sp³-hybridized carbons (Fsp3) is 0.375. The maximum Gasteiger partial charge on any atom is 0.226 e. The summed E-state index contributed by atoms with van der Waals surface area (Å²) in [6, 6.07) is 6.64. The first-order valence-electron chi connectivity index (χ1n) is 7.60. The molecule has 7 heteroatoms. The van der Waals surface area contributed by atoms with Crippen molar-refractivity contribution in [2.75, 3.05) is 36.5 Å². The summed E-state index contributed by atoms with van der Waals surface area (Å²) < 4.78 is 19.5. The number of carbonyl (C=O) groups excluding carboxylic acids is 1. The highest BCUT2D eigenvalue weighted by Gasteiger charge is 2.32. The molecule has 1 aromatic carbocycles. The van der Waals surface area contributed by atoms with Crippen molar-refractivity contribution in [3.8, 4) is 0 Å². The number of hydrogen-bond acceptors (Lipinski definition) is 5. The smallest absolute Gasteiger partial charge is 0.226 e. The molecular weight excluding hydrogens is 317 g/mol. The SMILES string of the molecule is O=C1C[C@H](c2ccccc2F)c2sc(N3CCOCC3)nc2N1. The van der Waals surface area contributed by atoms with Gasteiger partial charge in [0.05, 0.1) is 18.1 Å². The molecule has 0 radical (unpaired) electrons. The number of thiazole rings is 1. The average molecular weight is 333 g/mol. The molecule has 1 amide bonds. The lowest BCUT2D eigenvalue weighted by molar-refractivity contribution is -0.116. The molecule has 0 aliphatic carbocycles. The zero-order valence-corrected chi connectivity index (χ0v) is 13.2. The Hall–Kier alpha value is -1.99. The lowest BCUT2D eigenvalue weighted by Gasteiger charge is -2.26. The molecule has 4 rings (SSSR count). The number of halogens is 1. The number of nitrogens with zero attached hydrogens (tertiary/aromatic N) is 2. The number of morpholine rings is 1. The van der Waals surface area contributed by atoms with Crippen molar-refractivity contribution in [2.24, 2.45) is 0 Å². The number of rotatable bonds is 2. The van der Waals surface area contributed by atoms with E-state index in [1.165, 1.54) is 17.4 Å². The molecule has 1 aromatic heterocycles. The van der Waals surface area contributed by atoms with Gasteiger partial charge in [-0.25, -0.2) is 9.37 Å². The van der Waals surface area contributed by atoms with E-state index in [2.05, 4.69) is 15.2 Å². The number of benzene rings is 1. The standard InChI is InChI=1S/C16H16FN3O2S/c17-12-4-2-1-3-10(12)11-9-13(21)18-15-14(11)23-16(19-15)20-5-7-22-8-6-20/h1-4,11H,5-9H2,(H,18,21)/t11-/m1/s1. The summed E-state index contributed by atoms with van der Waals surface area (Å²) in [4.78, 5) is 19.6. The monoisotopic (exact) mass is 333 g/mol. The van der Waals surface area contributed by atoms with Crippen LogP contribution in [0.2, 0.25) is 0 Å². The van der Waals surface area contributed by atoms with E-state index in [9.17, 15) is 9.18 Å². The van der Waals surface area contributed by atoms with E-state index in [0.29, 0.717) is 24.6 Å². The molecule has 5 nitrogen and oxygen atoms in total. The van der Waals surface area contributed by atoms with E-state index in [1.54, 1.807) is 18.2 Å². The quantitative estimate of drug-likeness (QED) is 0.918. The van der Waals surface area contributed by atoms with Gasteiger partial charge in [0, 0.05) is 25.4 Å². The topological polar surface area (TPSA) is 54.5 Å². The van der Waals surface area contributed by atoms with E-state index in [1.807, 2.05) is 0 Å². The first kappa shape index (κ1) is 14.6. The van der Waals surface area contributed by atoms with Crippen molar-refractivity contribution in [3.63, 3.8) is 0 Å². The van der Waals surface area contributed by atoms with Gasteiger partial charge in [-0.2, -0.15) is 0 Å². The Bertz CT molecular complexity index is 743. The minimum Gasteiger partial charge on any atom is -0.378 e. The third kappa shape index (κ3) is 2.70. The molecule has 2 aliphatic heterocycles. The molecule has 1 N–H and O–H groups in total. The minimum absolute atomic E-state index is 0.121. The van der Waals surface area contributed by atoms with E-state index in [4.69, 9.17) is 4.74 Å². The maximum atomic E-state index is 14.2. The van der Waals surface area contributed by atoms with Crippen LogP contribution >= 0.6 is 11.3 Å². The van der Waals surface area contributed by atoms with Crippen molar-refractivity contribution in [1.82, 2.24) is 4.98 Å². The van der Waals surface area contributed by atoms with E-state index in [0.717, 1.165) is 23.1 Å². The predicted octanol–water partition coefficient (Wildman–Crippen LogP) is 2.59. The largest absolute Gasteiger partial charge is 0.378 e. The number of fused-ring (bicyclic) bond motifs is 1. The fourth-order valence-electron chi connectivity index (χ4n) is 3.01. The van der Waals surface area contributed by atoms with Gasteiger partial charge in [0.1, 0.15) is 11.6 Å². The minimum atomic E-state index is -0.278. The van der Waals surface area contributed by atoms with Crippen LogP contribution in [0.1, 0.15) is 22.8 Å². The normalized spacial score (nSPS) is 21.0. The Morgan fingerprint density at radius 3 is 2.87 bits per heavy atom. The van der Waals surface area contributed by atoms with Crippen LogP contribution < -0.4 is 10.2 Å². The van der Waals surface area contributed by atoms with Gasteiger partial charge in [0.2, 0.25) is 5.91 Å². The van der Waals surface area contributed by atoms with Crippen LogP contribution in [0.3, 0.4) is 0 Å². The molecule has 23 heavy (non-hydrogen) atoms. The second-order valence-electron chi connectivity index (χ2n) is 5.64. The third-order valence-electron chi connectivity index (χ3n) is 4.17. The summed E-state index contributed by atoms with van der Waals surface area (Å²) in [7, 11) is 0. The highest BCUT2D eigenvalue weighted by molar-refractivity contribution is 7.16. The van der Waals surface area contributed by atoms with Crippen molar-refractivity contribution in [1.29, 1.82) is 0 Å². The van der Waals surface area contributed by atoms with Crippen LogP contribution in [0.4, 0.5) is 15.3 Å². The summed E-state index contributed by atoms with van der Waals surface area (Å²) in [5.74, 6) is -0.0997. The van der Waals surface area contributed by atoms with E-state index in [-0.39, 0.29) is 24.1 Å². The lowest BCUT2D eigenvalue weighted by atomic mass is 9.91. The van der Waals surface area contributed by atoms with E-state index >= 15 is 0 Å². The van der Waals surface area contributed by atoms with Crippen LogP contribution in [0.25, 0.3) is 0 Å². The molecule has 2 aromatic rings. The van der Waals surface area contributed by atoms with Crippen molar-refractivity contribution in [2.45, 2.75) is 12.3 Å². The van der Waals surface area contributed by atoms with Crippen LogP contribution in [0.15, 0.2) is 24.3 Å². The van der Waals surface area contributed by atoms with Crippen molar-refractivity contribution >= 4 is 28.2 Å². The summed E-state index contributed by atoms with van der Waals surface area (Å²) in [6.07, 6.45) is 0.249. The van der Waals surface area contributed by atoms with E-state index < -0.39 is 0 Å². The predicted molar refractivity (Wildman–Crippen MR) is 86.6 cm³/mol. The summed E-state index contributed by atoms with van der Waals surface area (Å²) >= 11 is 1.53. The average Bonchev–Trinajstić information content (AvgIpc) is 2.99. The van der Waals surface area contributed by atoms with Crippen LogP contribution in [0.5, 0.6) is 0 Å². The molecule has 120 valence electrons. The highest BCUT2D eigenvalue weighted by Crippen LogP contribution is 2.43. The molecule has 1 fully saturated rings. The number of amides is 1. The lowest BCUT2D eigenvalue weighted by Crippen LogP contribution is -2.36. The van der Waals surface area contributed by atoms with Gasteiger partial charge in [-0.15, -0.1) is 0 Å². The van der Waals surface area contributed by atoms with Gasteiger partial charge >= 0.3 is 0 Å². The second-order valence-corrected chi connectivity index (χ2v) is 6.64. The van der Waals surface area contributed by atoms with Gasteiger partial charge in [0.15, 0.2) is 5.13 Å². The molecule has 0 bridgehead atoms. The zero-order chi connectivity index (χ0) is 15.8. The molecule has 3 heterocycles. The Morgan fingerprint density at radius 1 is 1.30 bits per heavy atom. The maximum absolute atomic E-state index is 14.2. The number of hydrogen-bond donors (Lipinski definition) is 1. The molecule has 2 aliphatic rings. The molecule has 1 atom stereocenters. The van der Waals surface area contributed by atoms with Gasteiger partial charge in [-0.1, -0.05) is 29.5 Å². The summed E-state index contributed by atoms with van der Waals surface area (Å²) in [5, 5.41) is 3.68. The number of anilines is 2. The Labute approximate surface area is 137 Å². The third-order valence-corrected chi connectivity index (χ3v) is 5.40. The molecule has 1 saturated heterocycles. The van der Waals surface area contributed by atoms with Gasteiger partial charge in [0.25, 0.3) is 0 Å². The van der Waals surface area contributed by atoms with Gasteiger partial charge in [-0.05, 0) is 11.6 Å². The molecule has 0 unspecified atom stereocenters. The molecule has 0 spiro atoms. The Kier molecular flexibility index (Phi) is 3.74. The zero-order valence-electron chi connectivity index (χ0n) is 12.4. The van der Waals surface area contributed by atoms with Crippen LogP contribution in [-0.2, 0) is 9.53 Å². The summed E-state index contributed by atoms with van der Waals surface area (Å²) in [5.41, 5.74) is 0.556. The molecule has 0 saturated carbocycles. The number of ether oxygens (including phenoxy) is 1. The first-order chi connectivity index (χ1) is 11.2. The number of aromatic nitrogens is 1. The number of nitrogens with one attached hydrogen (secondary N) is 1. The molecular formula is C16H16FN3O2S. The number of carbonyl (C=O) groups is 1. The van der Waals surface area contributed by atoms with Gasteiger partial charge in [-0.3, -0.25) is 4.79 Å². The highest BCUT2D eigenvalue weighted by atomic mass is 32.1. The van der Waals surface area contributed by atoms with Crippen molar-refractivity contribution in [3.05, 3.63) is 40.5 Å². The fourth-order valence-corrected chi connectivity index (χ4v) is 4.20. The Morgan fingerprint density at radius 2 is 2.09 bits per heavy atom. The summed E-state index contributed by atoms with van der Waals surface area (Å²) in [6.45, 7) is 2.91.